The molecule has 2 aromatic rings. The molecular weight excluding hydrogens is 238 g/mol. The van der Waals surface area contributed by atoms with Crippen LogP contribution in [0.1, 0.15) is 21.8 Å². The van der Waals surface area contributed by atoms with Crippen LogP contribution in [0.3, 0.4) is 0 Å². The second-order valence-corrected chi connectivity index (χ2v) is 3.34. The van der Waals surface area contributed by atoms with Crippen molar-refractivity contribution in [3.63, 3.8) is 0 Å². The summed E-state index contributed by atoms with van der Waals surface area (Å²) >= 11 is 0. The summed E-state index contributed by atoms with van der Waals surface area (Å²) in [5, 5.41) is 21.0. The molecule has 0 unspecified atom stereocenters. The Morgan fingerprint density at radius 3 is 3.28 bits per heavy atom. The molecule has 0 aliphatic rings. The second kappa shape index (κ2) is 5.11. The largest absolute Gasteiger partial charge is 0.377 e. The first-order valence-electron chi connectivity index (χ1n) is 4.94. The van der Waals surface area contributed by atoms with Crippen molar-refractivity contribution in [2.24, 2.45) is 0 Å². The lowest BCUT2D eigenvalue weighted by atomic mass is 10.3. The van der Waals surface area contributed by atoms with Crippen molar-refractivity contribution in [3.05, 3.63) is 29.3 Å². The van der Waals surface area contributed by atoms with Crippen molar-refractivity contribution in [2.75, 3.05) is 12.4 Å². The molecule has 2 heterocycles. The van der Waals surface area contributed by atoms with Crippen LogP contribution in [0.5, 0.6) is 0 Å². The predicted molar refractivity (Wildman–Crippen MR) is 58.5 cm³/mol. The van der Waals surface area contributed by atoms with Crippen LogP contribution in [-0.4, -0.2) is 28.4 Å². The number of nitriles is 1. The first-order valence-corrected chi connectivity index (χ1v) is 4.94. The standard InChI is InChI=1S/C10H9N5O3/c1-17-5-7-2-8(15-18-7)10(16)13-9-6(3-11)4-12-14-9/h2,4H,5H2,1H3,(H2,12,13,14,16). The molecule has 8 heteroatoms. The maximum absolute atomic E-state index is 11.8. The van der Waals surface area contributed by atoms with E-state index in [2.05, 4.69) is 20.7 Å². The molecule has 0 spiro atoms. The number of nitrogens with one attached hydrogen (secondary N) is 2. The fourth-order valence-electron chi connectivity index (χ4n) is 1.27. The Bertz CT molecular complexity index is 595. The lowest BCUT2D eigenvalue weighted by molar-refractivity contribution is 0.101. The van der Waals surface area contributed by atoms with Gasteiger partial charge in [-0.25, -0.2) is 0 Å². The number of carbonyl (C=O) groups excluding carboxylic acids is 1. The number of rotatable bonds is 4. The minimum absolute atomic E-state index is 0.0977. The number of amides is 1. The van der Waals surface area contributed by atoms with E-state index >= 15 is 0 Å². The van der Waals surface area contributed by atoms with E-state index in [1.165, 1.54) is 19.4 Å². The van der Waals surface area contributed by atoms with E-state index < -0.39 is 5.91 Å². The number of methoxy groups -OCH3 is 1. The van der Waals surface area contributed by atoms with Gasteiger partial charge in [0.1, 0.15) is 24.1 Å². The summed E-state index contributed by atoms with van der Waals surface area (Å²) in [6.07, 6.45) is 1.31. The minimum atomic E-state index is -0.498. The van der Waals surface area contributed by atoms with E-state index in [1.807, 2.05) is 6.07 Å². The highest BCUT2D eigenvalue weighted by molar-refractivity contribution is 6.02. The Kier molecular flexibility index (Phi) is 3.36. The second-order valence-electron chi connectivity index (χ2n) is 3.34. The Morgan fingerprint density at radius 2 is 2.56 bits per heavy atom. The van der Waals surface area contributed by atoms with Gasteiger partial charge in [0.15, 0.2) is 11.5 Å². The molecule has 18 heavy (non-hydrogen) atoms. The maximum Gasteiger partial charge on any atom is 0.279 e. The van der Waals surface area contributed by atoms with Gasteiger partial charge in [-0.2, -0.15) is 10.4 Å². The van der Waals surface area contributed by atoms with Crippen LogP contribution < -0.4 is 5.32 Å². The summed E-state index contributed by atoms with van der Waals surface area (Å²) in [6.45, 7) is 0.230. The molecule has 0 aliphatic carbocycles. The summed E-state index contributed by atoms with van der Waals surface area (Å²) < 4.78 is 9.71. The van der Waals surface area contributed by atoms with Gasteiger partial charge in [-0.3, -0.25) is 9.89 Å². The van der Waals surface area contributed by atoms with Gasteiger partial charge >= 0.3 is 0 Å². The number of hydrogen-bond donors (Lipinski definition) is 2. The average molecular weight is 247 g/mol. The molecule has 0 fully saturated rings. The van der Waals surface area contributed by atoms with Crippen LogP contribution in [0, 0.1) is 11.3 Å². The van der Waals surface area contributed by atoms with Crippen LogP contribution in [-0.2, 0) is 11.3 Å². The van der Waals surface area contributed by atoms with Gasteiger partial charge in [0.2, 0.25) is 0 Å². The van der Waals surface area contributed by atoms with Crippen LogP contribution in [0.2, 0.25) is 0 Å². The third-order valence-corrected chi connectivity index (χ3v) is 2.08. The molecule has 0 saturated carbocycles. The fraction of sp³-hybridized carbons (Fsp3) is 0.200. The molecule has 1 amide bonds. The molecule has 0 saturated heterocycles. The fourth-order valence-corrected chi connectivity index (χ4v) is 1.27. The SMILES string of the molecule is COCc1cc(C(=O)Nc2[nH]ncc2C#N)no1. The van der Waals surface area contributed by atoms with Crippen molar-refractivity contribution < 1.29 is 14.1 Å². The van der Waals surface area contributed by atoms with Crippen molar-refractivity contribution in [1.82, 2.24) is 15.4 Å². The highest BCUT2D eigenvalue weighted by atomic mass is 16.5. The summed E-state index contributed by atoms with van der Waals surface area (Å²) in [4.78, 5) is 11.8. The first-order chi connectivity index (χ1) is 8.74. The number of aromatic nitrogens is 3. The van der Waals surface area contributed by atoms with Crippen LogP contribution in [0.15, 0.2) is 16.8 Å². The van der Waals surface area contributed by atoms with Crippen LogP contribution in [0.25, 0.3) is 0 Å². The zero-order chi connectivity index (χ0) is 13.0. The molecule has 92 valence electrons. The summed E-state index contributed by atoms with van der Waals surface area (Å²) in [5.41, 5.74) is 0.337. The smallest absolute Gasteiger partial charge is 0.279 e. The lowest BCUT2D eigenvalue weighted by Gasteiger charge is -1.98. The lowest BCUT2D eigenvalue weighted by Crippen LogP contribution is -2.13. The minimum Gasteiger partial charge on any atom is -0.377 e. The first kappa shape index (κ1) is 11.8. The molecule has 0 radical (unpaired) electrons. The number of nitrogens with zero attached hydrogens (tertiary/aromatic N) is 3. The zero-order valence-corrected chi connectivity index (χ0v) is 9.43. The van der Waals surface area contributed by atoms with E-state index in [0.29, 0.717) is 5.76 Å². The maximum atomic E-state index is 11.8. The Labute approximate surface area is 102 Å². The Hall–Kier alpha value is -2.66. The third kappa shape index (κ3) is 2.36. The monoisotopic (exact) mass is 247 g/mol. The van der Waals surface area contributed by atoms with E-state index in [0.717, 1.165) is 0 Å². The van der Waals surface area contributed by atoms with Gasteiger partial charge in [0.25, 0.3) is 5.91 Å². The molecule has 0 aliphatic heterocycles. The molecule has 0 bridgehead atoms. The number of aromatic amines is 1. The Balaban J connectivity index is 2.10. The van der Waals surface area contributed by atoms with E-state index in [9.17, 15) is 4.79 Å². The molecule has 2 rings (SSSR count). The normalized spacial score (nSPS) is 10.0. The highest BCUT2D eigenvalue weighted by Crippen LogP contribution is 2.11. The summed E-state index contributed by atoms with van der Waals surface area (Å²) in [7, 11) is 1.51. The summed E-state index contributed by atoms with van der Waals surface area (Å²) in [6, 6.07) is 3.35. The van der Waals surface area contributed by atoms with Crippen molar-refractivity contribution in [2.45, 2.75) is 6.61 Å². The van der Waals surface area contributed by atoms with E-state index in [4.69, 9.17) is 14.5 Å². The average Bonchev–Trinajstić information content (AvgIpc) is 2.98. The molecule has 8 nitrogen and oxygen atoms in total. The third-order valence-electron chi connectivity index (χ3n) is 2.08. The predicted octanol–water partition coefficient (Wildman–Crippen LogP) is 0.668. The van der Waals surface area contributed by atoms with Crippen LogP contribution in [0.4, 0.5) is 5.82 Å². The molecule has 2 N–H and O–H groups in total. The zero-order valence-electron chi connectivity index (χ0n) is 9.43. The van der Waals surface area contributed by atoms with E-state index in [1.54, 1.807) is 0 Å². The van der Waals surface area contributed by atoms with Crippen molar-refractivity contribution in [1.29, 1.82) is 5.26 Å². The van der Waals surface area contributed by atoms with Crippen molar-refractivity contribution >= 4 is 11.7 Å². The van der Waals surface area contributed by atoms with Gasteiger partial charge in [-0.05, 0) is 0 Å². The Morgan fingerprint density at radius 1 is 1.72 bits per heavy atom. The number of H-pyrrole nitrogens is 1. The topological polar surface area (TPSA) is 117 Å². The quantitative estimate of drug-likeness (QED) is 0.819. The van der Waals surface area contributed by atoms with Gasteiger partial charge in [-0.15, -0.1) is 0 Å². The number of anilines is 1. The number of hydrogen-bond acceptors (Lipinski definition) is 6. The molecule has 0 aromatic carbocycles. The van der Waals surface area contributed by atoms with E-state index in [-0.39, 0.29) is 23.7 Å². The summed E-state index contributed by atoms with van der Waals surface area (Å²) in [5.74, 6) is 0.161. The van der Waals surface area contributed by atoms with Gasteiger partial charge in [0.05, 0.1) is 6.20 Å². The van der Waals surface area contributed by atoms with Gasteiger partial charge in [0, 0.05) is 13.2 Å². The molecular formula is C10H9N5O3. The van der Waals surface area contributed by atoms with Gasteiger partial charge in [-0.1, -0.05) is 5.16 Å². The van der Waals surface area contributed by atoms with Crippen LogP contribution >= 0.6 is 0 Å². The number of ether oxygens (including phenoxy) is 1. The molecule has 0 atom stereocenters. The molecule has 2 aromatic heterocycles. The van der Waals surface area contributed by atoms with Crippen molar-refractivity contribution in [3.8, 4) is 6.07 Å². The highest BCUT2D eigenvalue weighted by Gasteiger charge is 2.15. The number of carbonyl (C=O) groups is 1. The van der Waals surface area contributed by atoms with Gasteiger partial charge < -0.3 is 14.6 Å².